The van der Waals surface area contributed by atoms with Gasteiger partial charge in [-0.1, -0.05) is 64.2 Å². The lowest BCUT2D eigenvalue weighted by Gasteiger charge is -2.32. The highest BCUT2D eigenvalue weighted by Gasteiger charge is 2.36. The summed E-state index contributed by atoms with van der Waals surface area (Å²) < 4.78 is 17.9. The number of aliphatic carboxylic acids is 1. The first-order chi connectivity index (χ1) is 32.3. The van der Waals surface area contributed by atoms with Gasteiger partial charge in [0.15, 0.2) is 24.0 Å². The Kier molecular flexibility index (Phi) is 21.9. The van der Waals surface area contributed by atoms with E-state index in [1.807, 2.05) is 12.1 Å². The molecule has 3 aromatic rings. The maximum atomic E-state index is 14.8. The molecule has 4 atom stereocenters. The average Bonchev–Trinajstić information content (AvgIpc) is 3.31. The van der Waals surface area contributed by atoms with Gasteiger partial charge in [-0.2, -0.15) is 5.26 Å². The summed E-state index contributed by atoms with van der Waals surface area (Å²) in [6, 6.07) is 15.1. The Balaban J connectivity index is 1.79. The van der Waals surface area contributed by atoms with Crippen molar-refractivity contribution < 1.29 is 48.1 Å². The summed E-state index contributed by atoms with van der Waals surface area (Å²) in [5.41, 5.74) is 20.8. The molecule has 67 heavy (non-hydrogen) atoms. The fourth-order valence-electron chi connectivity index (χ4n) is 8.30. The number of amides is 2. The second kappa shape index (κ2) is 27.5. The van der Waals surface area contributed by atoms with Crippen molar-refractivity contribution in [2.45, 2.75) is 109 Å². The number of nitriles is 1. The molecule has 3 aromatic carbocycles. The van der Waals surface area contributed by atoms with Crippen LogP contribution in [0.3, 0.4) is 0 Å². The number of ether oxygens (including phenoxy) is 3. The Labute approximate surface area is 393 Å². The van der Waals surface area contributed by atoms with Crippen LogP contribution in [0.5, 0.6) is 17.2 Å². The first-order valence-corrected chi connectivity index (χ1v) is 23.4. The van der Waals surface area contributed by atoms with Gasteiger partial charge in [-0.3, -0.25) is 24.0 Å². The topological polar surface area (TPSA) is 267 Å². The van der Waals surface area contributed by atoms with E-state index in [2.05, 4.69) is 12.2 Å². The number of likely N-dealkylation sites (N-methyl/N-ethyl adjacent to an activating group) is 1. The zero-order valence-electron chi connectivity index (χ0n) is 39.2. The molecule has 4 bridgehead atoms. The van der Waals surface area contributed by atoms with Crippen molar-refractivity contribution in [2.24, 2.45) is 29.0 Å². The number of carboxylic acids is 1. The van der Waals surface area contributed by atoms with Crippen molar-refractivity contribution >= 4 is 35.1 Å². The van der Waals surface area contributed by atoms with Crippen LogP contribution in [0.1, 0.15) is 118 Å². The molecule has 0 spiro atoms. The number of carboxylic acid groups (broad SMARTS) is 1. The van der Waals surface area contributed by atoms with E-state index in [0.29, 0.717) is 33.8 Å². The Morgan fingerprint density at radius 3 is 2.18 bits per heavy atom. The van der Waals surface area contributed by atoms with E-state index in [4.69, 9.17) is 31.4 Å². The van der Waals surface area contributed by atoms with Gasteiger partial charge in [0, 0.05) is 68.8 Å². The Morgan fingerprint density at radius 2 is 1.52 bits per heavy atom. The zero-order chi connectivity index (χ0) is 48.9. The number of hydrogen-bond donors (Lipinski definition) is 5. The number of ketones is 3. The van der Waals surface area contributed by atoms with Crippen LogP contribution < -0.4 is 36.7 Å². The fraction of sp³-hybridized carbons (Fsp3) is 0.510. The molecule has 0 saturated carbocycles. The summed E-state index contributed by atoms with van der Waals surface area (Å²) in [7, 11) is 1.46. The third kappa shape index (κ3) is 15.7. The number of unbranched alkanes of at least 4 members (excludes halogenated alkanes) is 5. The normalized spacial score (nSPS) is 16.5. The lowest BCUT2D eigenvalue weighted by molar-refractivity contribution is -0.142. The van der Waals surface area contributed by atoms with E-state index in [9.17, 15) is 39.1 Å². The number of carbonyl (C=O) groups excluding carboxylic acids is 5. The molecule has 1 aliphatic heterocycles. The van der Waals surface area contributed by atoms with Gasteiger partial charge in [-0.15, -0.1) is 0 Å². The van der Waals surface area contributed by atoms with Gasteiger partial charge < -0.3 is 46.7 Å². The van der Waals surface area contributed by atoms with Gasteiger partial charge in [0.2, 0.25) is 11.8 Å². The van der Waals surface area contributed by atoms with Crippen LogP contribution in [0.4, 0.5) is 0 Å². The summed E-state index contributed by atoms with van der Waals surface area (Å²) in [6.45, 7) is 3.78. The number of nitrogens with zero attached hydrogens (tertiary/aromatic N) is 2. The third-order valence-electron chi connectivity index (χ3n) is 11.8. The first-order valence-electron chi connectivity index (χ1n) is 23.4. The van der Waals surface area contributed by atoms with Crippen molar-refractivity contribution in [3.05, 3.63) is 76.9 Å². The minimum Gasteiger partial charge on any atom is -0.492 e. The summed E-state index contributed by atoms with van der Waals surface area (Å²) >= 11 is 0. The number of aryl methyl sites for hydroxylation is 1. The van der Waals surface area contributed by atoms with Crippen LogP contribution in [-0.4, -0.2) is 97.7 Å². The molecule has 0 fully saturated rings. The monoisotopic (exact) mass is 924 g/mol. The van der Waals surface area contributed by atoms with Gasteiger partial charge in [0.05, 0.1) is 17.7 Å². The van der Waals surface area contributed by atoms with Gasteiger partial charge in [0.1, 0.15) is 36.5 Å². The standard InChI is InChI=1S/C51H68N6O10/c1-4-5-6-7-8-9-11-34-13-16-38(47(29-34)67-32-48(61)62)43(59)31-37(19-21-53)51(64)57(3)49-36-15-18-46(66-25-23-55)40(30-36)39-27-35(14-17-45(39)65-24-22-54)28-41(42(58)12-10-20-52)56-50(63)33(2)26-44(49)60/h13-18,27,29-30,33,37,41,49H,4-12,19,21-26,28,31-32,53-55H2,1-3H3,(H,56,63)(H,61,62)/t33-,37-,41+,49+/m1/s1. The van der Waals surface area contributed by atoms with Crippen LogP contribution in [0, 0.1) is 23.2 Å². The maximum absolute atomic E-state index is 14.8. The zero-order valence-corrected chi connectivity index (χ0v) is 39.2. The molecule has 2 amide bonds. The molecule has 1 aliphatic rings. The van der Waals surface area contributed by atoms with Gasteiger partial charge >= 0.3 is 5.97 Å². The summed E-state index contributed by atoms with van der Waals surface area (Å²) in [4.78, 5) is 83.9. The van der Waals surface area contributed by atoms with E-state index in [1.165, 1.54) is 18.4 Å². The number of fused-ring (bicyclic) bond motifs is 5. The second-order valence-electron chi connectivity index (χ2n) is 17.1. The van der Waals surface area contributed by atoms with E-state index in [1.54, 1.807) is 55.5 Å². The van der Waals surface area contributed by atoms with Crippen LogP contribution in [0.15, 0.2) is 54.6 Å². The van der Waals surface area contributed by atoms with E-state index >= 15 is 0 Å². The molecule has 0 saturated heterocycles. The van der Waals surface area contributed by atoms with E-state index < -0.39 is 59.9 Å². The highest BCUT2D eigenvalue weighted by molar-refractivity contribution is 6.02. The smallest absolute Gasteiger partial charge is 0.341 e. The molecule has 16 heteroatoms. The molecule has 0 aromatic heterocycles. The number of nitrogens with two attached hydrogens (primary N) is 3. The fourth-order valence-corrected chi connectivity index (χ4v) is 8.30. The molecule has 0 aliphatic carbocycles. The Bertz CT molecular complexity index is 2220. The predicted octanol–water partition coefficient (Wildman–Crippen LogP) is 5.64. The number of nitrogens with one attached hydrogen (secondary N) is 1. The van der Waals surface area contributed by atoms with Crippen molar-refractivity contribution in [2.75, 3.05) is 46.5 Å². The van der Waals surface area contributed by atoms with E-state index in [0.717, 1.165) is 44.1 Å². The quantitative estimate of drug-likeness (QED) is 0.0482. The van der Waals surface area contributed by atoms with Crippen LogP contribution in [0.25, 0.3) is 11.1 Å². The van der Waals surface area contributed by atoms with Gasteiger partial charge in [0.25, 0.3) is 0 Å². The SMILES string of the molecule is CCCCCCCCc1ccc(C(=O)C[C@@H](CCN)C(=O)N(C)[C@@H]2C(=O)C[C@@H](C)C(=O)N[C@H](C(=O)CCC#N)Cc3ccc(OCCN)c(c3)-c3cc2ccc3OCCN)c(OCC(=O)O)c1. The molecule has 362 valence electrons. The van der Waals surface area contributed by atoms with Crippen LogP contribution in [0.2, 0.25) is 0 Å². The van der Waals surface area contributed by atoms with Crippen molar-refractivity contribution in [3.8, 4) is 34.4 Å². The number of carbonyl (C=O) groups is 6. The largest absolute Gasteiger partial charge is 0.492 e. The number of benzene rings is 3. The molecule has 1 heterocycles. The summed E-state index contributed by atoms with van der Waals surface area (Å²) in [5.74, 6) is -4.71. The van der Waals surface area contributed by atoms with Crippen LogP contribution >= 0.6 is 0 Å². The third-order valence-corrected chi connectivity index (χ3v) is 11.8. The summed E-state index contributed by atoms with van der Waals surface area (Å²) in [5, 5.41) is 21.5. The van der Waals surface area contributed by atoms with Crippen molar-refractivity contribution in [1.29, 1.82) is 5.26 Å². The van der Waals surface area contributed by atoms with Crippen molar-refractivity contribution in [3.63, 3.8) is 0 Å². The minimum atomic E-state index is -1.29. The minimum absolute atomic E-state index is 0.0282. The maximum Gasteiger partial charge on any atom is 0.341 e. The number of rotatable bonds is 26. The molecular formula is C51H68N6O10. The summed E-state index contributed by atoms with van der Waals surface area (Å²) in [6.07, 6.45) is 6.62. The van der Waals surface area contributed by atoms with E-state index in [-0.39, 0.29) is 88.5 Å². The molecule has 4 rings (SSSR count). The Hall–Kier alpha value is -6.15. The van der Waals surface area contributed by atoms with Gasteiger partial charge in [-0.05, 0) is 85.3 Å². The predicted molar refractivity (Wildman–Crippen MR) is 254 cm³/mol. The number of Topliss-reactive ketones (excluding diaryl/α,β-unsaturated/α-hetero) is 3. The number of hydrogen-bond acceptors (Lipinski definition) is 13. The van der Waals surface area contributed by atoms with Crippen LogP contribution in [-0.2, 0) is 36.8 Å². The first kappa shape index (κ1) is 53.5. The van der Waals surface area contributed by atoms with Gasteiger partial charge in [-0.25, -0.2) is 4.79 Å². The lowest BCUT2D eigenvalue weighted by atomic mass is 9.88. The lowest BCUT2D eigenvalue weighted by Crippen LogP contribution is -2.46. The van der Waals surface area contributed by atoms with Crippen molar-refractivity contribution in [1.82, 2.24) is 10.2 Å². The highest BCUT2D eigenvalue weighted by atomic mass is 16.5. The molecule has 0 radical (unpaired) electrons. The second-order valence-corrected chi connectivity index (χ2v) is 17.1. The molecular weight excluding hydrogens is 857 g/mol. The molecule has 8 N–H and O–H groups in total. The average molecular weight is 925 g/mol. The Morgan fingerprint density at radius 1 is 0.851 bits per heavy atom. The highest BCUT2D eigenvalue weighted by Crippen LogP contribution is 2.41. The molecule has 0 unspecified atom stereocenters. The molecule has 16 nitrogen and oxygen atoms in total.